The van der Waals surface area contributed by atoms with Crippen molar-refractivity contribution in [1.82, 2.24) is 20.4 Å². The standard InChI is InChI=1S/C21H28N4O2/c1-15(2)26-16-5-7-17(8-6-16)27-18-9-10-20-19(13-18)21(24-23-20)14-25(4)12-11-22-3/h5-10,13,15,22H,11-12,14H2,1-4H3,(H,23,24). The highest BCUT2D eigenvalue weighted by molar-refractivity contribution is 5.82. The molecule has 1 heterocycles. The van der Waals surface area contributed by atoms with Gasteiger partial charge in [-0.25, -0.2) is 0 Å². The number of hydrogen-bond acceptors (Lipinski definition) is 5. The second kappa shape index (κ2) is 8.88. The number of nitrogens with one attached hydrogen (secondary N) is 2. The largest absolute Gasteiger partial charge is 0.491 e. The van der Waals surface area contributed by atoms with Crippen LogP contribution in [0.4, 0.5) is 0 Å². The van der Waals surface area contributed by atoms with Gasteiger partial charge in [0.2, 0.25) is 0 Å². The Balaban J connectivity index is 1.72. The van der Waals surface area contributed by atoms with Crippen LogP contribution in [-0.2, 0) is 6.54 Å². The first-order valence-corrected chi connectivity index (χ1v) is 9.30. The molecule has 0 atom stereocenters. The van der Waals surface area contributed by atoms with Crippen LogP contribution >= 0.6 is 0 Å². The molecule has 27 heavy (non-hydrogen) atoms. The Morgan fingerprint density at radius 2 is 1.78 bits per heavy atom. The molecule has 144 valence electrons. The molecule has 3 aromatic rings. The minimum atomic E-state index is 0.157. The van der Waals surface area contributed by atoms with E-state index in [9.17, 15) is 0 Å². The van der Waals surface area contributed by atoms with Crippen molar-refractivity contribution >= 4 is 10.9 Å². The van der Waals surface area contributed by atoms with Crippen LogP contribution in [-0.4, -0.2) is 48.4 Å². The minimum absolute atomic E-state index is 0.157. The predicted octanol–water partition coefficient (Wildman–Crippen LogP) is 3.79. The highest BCUT2D eigenvalue weighted by Crippen LogP contribution is 2.28. The van der Waals surface area contributed by atoms with Gasteiger partial charge in [-0.1, -0.05) is 0 Å². The zero-order valence-electron chi connectivity index (χ0n) is 16.5. The zero-order chi connectivity index (χ0) is 19.2. The summed E-state index contributed by atoms with van der Waals surface area (Å²) < 4.78 is 11.7. The van der Waals surface area contributed by atoms with Gasteiger partial charge in [0.15, 0.2) is 0 Å². The fraction of sp³-hybridized carbons (Fsp3) is 0.381. The molecule has 0 bridgehead atoms. The van der Waals surface area contributed by atoms with Gasteiger partial charge in [-0.3, -0.25) is 10.00 Å². The molecule has 0 aliphatic carbocycles. The van der Waals surface area contributed by atoms with Crippen molar-refractivity contribution in [3.8, 4) is 17.2 Å². The smallest absolute Gasteiger partial charge is 0.128 e. The lowest BCUT2D eigenvalue weighted by atomic mass is 10.2. The normalized spacial score (nSPS) is 11.5. The molecule has 0 fully saturated rings. The van der Waals surface area contributed by atoms with E-state index in [1.807, 2.05) is 63.4 Å². The number of H-pyrrole nitrogens is 1. The van der Waals surface area contributed by atoms with Crippen LogP contribution in [0.25, 0.3) is 10.9 Å². The van der Waals surface area contributed by atoms with Gasteiger partial charge in [-0.05, 0) is 70.4 Å². The fourth-order valence-corrected chi connectivity index (χ4v) is 2.86. The molecule has 0 saturated heterocycles. The number of fused-ring (bicyclic) bond motifs is 1. The van der Waals surface area contributed by atoms with Crippen LogP contribution in [0.5, 0.6) is 17.2 Å². The number of aromatic nitrogens is 2. The first-order valence-electron chi connectivity index (χ1n) is 9.30. The van der Waals surface area contributed by atoms with E-state index in [-0.39, 0.29) is 6.10 Å². The molecular formula is C21H28N4O2. The van der Waals surface area contributed by atoms with Gasteiger partial charge in [-0.2, -0.15) is 5.10 Å². The van der Waals surface area contributed by atoms with Crippen molar-refractivity contribution in [2.75, 3.05) is 27.2 Å². The quantitative estimate of drug-likeness (QED) is 0.602. The molecule has 0 saturated carbocycles. The second-order valence-electron chi connectivity index (χ2n) is 6.96. The number of likely N-dealkylation sites (N-methyl/N-ethyl adjacent to an activating group) is 2. The topological polar surface area (TPSA) is 62.4 Å². The van der Waals surface area contributed by atoms with Crippen LogP contribution in [0.15, 0.2) is 42.5 Å². The summed E-state index contributed by atoms with van der Waals surface area (Å²) >= 11 is 0. The summed E-state index contributed by atoms with van der Waals surface area (Å²) in [6.45, 7) is 6.72. The monoisotopic (exact) mass is 368 g/mol. The number of aromatic amines is 1. The summed E-state index contributed by atoms with van der Waals surface area (Å²) in [7, 11) is 4.06. The SMILES string of the molecule is CNCCN(C)Cc1n[nH]c2ccc(Oc3ccc(OC(C)C)cc3)cc12. The Labute approximate surface area is 160 Å². The third-order valence-electron chi connectivity index (χ3n) is 4.21. The van der Waals surface area contributed by atoms with E-state index in [0.29, 0.717) is 0 Å². The van der Waals surface area contributed by atoms with Crippen LogP contribution in [0.2, 0.25) is 0 Å². The molecule has 0 unspecified atom stereocenters. The summed E-state index contributed by atoms with van der Waals surface area (Å²) in [6, 6.07) is 13.7. The molecule has 2 aromatic carbocycles. The van der Waals surface area contributed by atoms with Gasteiger partial charge in [0, 0.05) is 25.0 Å². The Morgan fingerprint density at radius 3 is 2.48 bits per heavy atom. The lowest BCUT2D eigenvalue weighted by Gasteiger charge is -2.15. The second-order valence-corrected chi connectivity index (χ2v) is 6.96. The molecule has 6 heteroatoms. The van der Waals surface area contributed by atoms with Gasteiger partial charge < -0.3 is 14.8 Å². The van der Waals surface area contributed by atoms with Gasteiger partial charge >= 0.3 is 0 Å². The maximum Gasteiger partial charge on any atom is 0.128 e. The highest BCUT2D eigenvalue weighted by Gasteiger charge is 2.10. The average Bonchev–Trinajstić information content (AvgIpc) is 3.03. The Morgan fingerprint density at radius 1 is 1.07 bits per heavy atom. The van der Waals surface area contributed by atoms with E-state index in [0.717, 1.165) is 53.5 Å². The first-order chi connectivity index (χ1) is 13.0. The number of hydrogen-bond donors (Lipinski definition) is 2. The Bertz CT molecular complexity index is 858. The van der Waals surface area contributed by atoms with Crippen LogP contribution in [0, 0.1) is 0 Å². The lowest BCUT2D eigenvalue weighted by Crippen LogP contribution is -2.27. The van der Waals surface area contributed by atoms with Crippen molar-refractivity contribution in [1.29, 1.82) is 0 Å². The third-order valence-corrected chi connectivity index (χ3v) is 4.21. The lowest BCUT2D eigenvalue weighted by molar-refractivity contribution is 0.242. The summed E-state index contributed by atoms with van der Waals surface area (Å²) in [5.74, 6) is 2.41. The molecule has 0 aliphatic rings. The van der Waals surface area contributed by atoms with Gasteiger partial charge in [-0.15, -0.1) is 0 Å². The van der Waals surface area contributed by atoms with Crippen LogP contribution in [0.1, 0.15) is 19.5 Å². The number of nitrogens with zero attached hydrogens (tertiary/aromatic N) is 2. The van der Waals surface area contributed by atoms with E-state index in [1.54, 1.807) is 0 Å². The molecule has 3 rings (SSSR count). The van der Waals surface area contributed by atoms with E-state index in [2.05, 4.69) is 27.5 Å². The third kappa shape index (κ3) is 5.21. The summed E-state index contributed by atoms with van der Waals surface area (Å²) in [6.07, 6.45) is 0.157. The first kappa shape index (κ1) is 19.2. The zero-order valence-corrected chi connectivity index (χ0v) is 16.5. The van der Waals surface area contributed by atoms with E-state index >= 15 is 0 Å². The summed E-state index contributed by atoms with van der Waals surface area (Å²) in [5, 5.41) is 11.8. The Hall–Kier alpha value is -2.57. The molecule has 2 N–H and O–H groups in total. The predicted molar refractivity (Wildman–Crippen MR) is 109 cm³/mol. The van der Waals surface area contributed by atoms with Crippen LogP contribution < -0.4 is 14.8 Å². The maximum absolute atomic E-state index is 6.02. The van der Waals surface area contributed by atoms with E-state index in [4.69, 9.17) is 9.47 Å². The maximum atomic E-state index is 6.02. The van der Waals surface area contributed by atoms with Crippen molar-refractivity contribution in [2.24, 2.45) is 0 Å². The molecule has 0 spiro atoms. The number of rotatable bonds is 9. The molecule has 0 radical (unpaired) electrons. The van der Waals surface area contributed by atoms with Crippen LogP contribution in [0.3, 0.4) is 0 Å². The average molecular weight is 368 g/mol. The van der Waals surface area contributed by atoms with Crippen molar-refractivity contribution in [3.05, 3.63) is 48.2 Å². The van der Waals surface area contributed by atoms with Crippen molar-refractivity contribution in [3.63, 3.8) is 0 Å². The number of ether oxygens (including phenoxy) is 2. The minimum Gasteiger partial charge on any atom is -0.491 e. The van der Waals surface area contributed by atoms with Gasteiger partial charge in [0.1, 0.15) is 17.2 Å². The summed E-state index contributed by atoms with van der Waals surface area (Å²) in [5.41, 5.74) is 2.04. The van der Waals surface area contributed by atoms with Gasteiger partial charge in [0.05, 0.1) is 17.3 Å². The fourth-order valence-electron chi connectivity index (χ4n) is 2.86. The molecule has 6 nitrogen and oxygen atoms in total. The van der Waals surface area contributed by atoms with Gasteiger partial charge in [0.25, 0.3) is 0 Å². The van der Waals surface area contributed by atoms with Crippen molar-refractivity contribution < 1.29 is 9.47 Å². The van der Waals surface area contributed by atoms with E-state index < -0.39 is 0 Å². The molecular weight excluding hydrogens is 340 g/mol. The number of benzene rings is 2. The molecule has 0 amide bonds. The Kier molecular flexibility index (Phi) is 6.32. The highest BCUT2D eigenvalue weighted by atomic mass is 16.5. The van der Waals surface area contributed by atoms with Crippen molar-refractivity contribution in [2.45, 2.75) is 26.5 Å². The summed E-state index contributed by atoms with van der Waals surface area (Å²) in [4.78, 5) is 2.24. The molecule has 0 aliphatic heterocycles. The van der Waals surface area contributed by atoms with E-state index in [1.165, 1.54) is 0 Å². The molecule has 1 aromatic heterocycles.